The Balaban J connectivity index is 1.46. The fourth-order valence-corrected chi connectivity index (χ4v) is 3.24. The van der Waals surface area contributed by atoms with Crippen LogP contribution in [0, 0.1) is 5.92 Å². The maximum absolute atomic E-state index is 12.2. The van der Waals surface area contributed by atoms with Gasteiger partial charge in [-0.2, -0.15) is 0 Å². The van der Waals surface area contributed by atoms with Crippen molar-refractivity contribution < 1.29 is 9.59 Å². The Kier molecular flexibility index (Phi) is 4.10. The van der Waals surface area contributed by atoms with Gasteiger partial charge < -0.3 is 10.2 Å². The number of amides is 2. The van der Waals surface area contributed by atoms with Gasteiger partial charge >= 0.3 is 0 Å². The van der Waals surface area contributed by atoms with Gasteiger partial charge in [0, 0.05) is 32.2 Å². The lowest BCUT2D eigenvalue weighted by Gasteiger charge is -2.37. The molecule has 0 spiro atoms. The number of rotatable bonds is 4. The first-order chi connectivity index (χ1) is 9.88. The third-order valence-corrected chi connectivity index (χ3v) is 5.44. The molecule has 1 aliphatic heterocycles. The van der Waals surface area contributed by atoms with Crippen molar-refractivity contribution in [3.05, 3.63) is 0 Å². The molecule has 2 unspecified atom stereocenters. The van der Waals surface area contributed by atoms with E-state index in [9.17, 15) is 9.59 Å². The van der Waals surface area contributed by atoms with Gasteiger partial charge in [-0.25, -0.2) is 0 Å². The van der Waals surface area contributed by atoms with Crippen molar-refractivity contribution in [2.45, 2.75) is 42.6 Å². The van der Waals surface area contributed by atoms with Crippen LogP contribution in [0.3, 0.4) is 0 Å². The Morgan fingerprint density at radius 2 is 1.76 bits per heavy atom. The average Bonchev–Trinajstić information content (AvgIpc) is 3.36. The molecule has 118 valence electrons. The minimum atomic E-state index is -0.855. The highest BCUT2D eigenvalue weighted by molar-refractivity contribution is 6.52. The van der Waals surface area contributed by atoms with Crippen LogP contribution in [-0.2, 0) is 9.59 Å². The van der Waals surface area contributed by atoms with Crippen LogP contribution in [0.2, 0.25) is 0 Å². The number of carbonyl (C=O) groups is 2. The Morgan fingerprint density at radius 3 is 2.24 bits per heavy atom. The molecule has 0 aromatic rings. The molecule has 5 nitrogen and oxygen atoms in total. The van der Waals surface area contributed by atoms with E-state index in [2.05, 4.69) is 10.2 Å². The van der Waals surface area contributed by atoms with Crippen molar-refractivity contribution in [3.8, 4) is 0 Å². The number of carbonyl (C=O) groups excluding carboxylic acids is 2. The first-order valence-corrected chi connectivity index (χ1v) is 8.35. The lowest BCUT2D eigenvalue weighted by Crippen LogP contribution is -2.55. The molecule has 2 amide bonds. The maximum Gasteiger partial charge on any atom is 0.237 e. The molecule has 1 heterocycles. The molecule has 0 aromatic heterocycles. The monoisotopic (exact) mass is 333 g/mol. The van der Waals surface area contributed by atoms with E-state index in [0.29, 0.717) is 25.6 Å². The van der Waals surface area contributed by atoms with Crippen LogP contribution < -0.4 is 5.32 Å². The summed E-state index contributed by atoms with van der Waals surface area (Å²) in [5, 5.41) is 3.03. The van der Waals surface area contributed by atoms with E-state index in [-0.39, 0.29) is 23.8 Å². The summed E-state index contributed by atoms with van der Waals surface area (Å²) < 4.78 is -0.855. The summed E-state index contributed by atoms with van der Waals surface area (Å²) in [5.41, 5.74) is 0. The van der Waals surface area contributed by atoms with Gasteiger partial charge in [-0.15, -0.1) is 23.2 Å². The fraction of sp³-hybridized carbons (Fsp3) is 0.857. The second-order valence-corrected chi connectivity index (χ2v) is 7.88. The average molecular weight is 334 g/mol. The van der Waals surface area contributed by atoms with E-state index >= 15 is 0 Å². The minimum Gasteiger partial charge on any atom is -0.352 e. The lowest BCUT2D eigenvalue weighted by atomic mass is 10.2. The predicted octanol–water partition coefficient (Wildman–Crippen LogP) is 0.991. The number of nitrogens with zero attached hydrogens (tertiary/aromatic N) is 2. The van der Waals surface area contributed by atoms with Crippen LogP contribution in [0.5, 0.6) is 0 Å². The van der Waals surface area contributed by atoms with Gasteiger partial charge in [0.15, 0.2) is 0 Å². The van der Waals surface area contributed by atoms with Crippen LogP contribution in [0.1, 0.15) is 26.2 Å². The highest BCUT2D eigenvalue weighted by Gasteiger charge is 2.57. The second kappa shape index (κ2) is 5.60. The van der Waals surface area contributed by atoms with Crippen LogP contribution in [0.4, 0.5) is 0 Å². The SMILES string of the molecule is CC(C(=O)NC1CC1)N1CCN(C(=O)C2CC2(Cl)Cl)CC1. The quantitative estimate of drug-likeness (QED) is 0.780. The lowest BCUT2D eigenvalue weighted by molar-refractivity contribution is -0.135. The van der Waals surface area contributed by atoms with Gasteiger partial charge in [0.2, 0.25) is 11.8 Å². The number of alkyl halides is 2. The molecule has 0 aromatic carbocycles. The van der Waals surface area contributed by atoms with Gasteiger partial charge in [0.25, 0.3) is 0 Å². The maximum atomic E-state index is 12.2. The summed E-state index contributed by atoms with van der Waals surface area (Å²) in [4.78, 5) is 28.2. The molecule has 3 rings (SSSR count). The molecule has 7 heteroatoms. The Hall–Kier alpha value is -0.520. The summed E-state index contributed by atoms with van der Waals surface area (Å²) in [7, 11) is 0. The van der Waals surface area contributed by atoms with Gasteiger partial charge in [-0.05, 0) is 26.2 Å². The van der Waals surface area contributed by atoms with Crippen molar-refractivity contribution in [3.63, 3.8) is 0 Å². The van der Waals surface area contributed by atoms with Crippen LogP contribution in [0.25, 0.3) is 0 Å². The summed E-state index contributed by atoms with van der Waals surface area (Å²) in [5.74, 6) is -0.0993. The molecular formula is C14H21Cl2N3O2. The number of hydrogen-bond acceptors (Lipinski definition) is 3. The van der Waals surface area contributed by atoms with Gasteiger partial charge in [-0.1, -0.05) is 0 Å². The van der Waals surface area contributed by atoms with Crippen molar-refractivity contribution in [1.29, 1.82) is 0 Å². The summed E-state index contributed by atoms with van der Waals surface area (Å²) in [6, 6.07) is 0.252. The Labute approximate surface area is 134 Å². The molecule has 2 aliphatic carbocycles. The zero-order chi connectivity index (χ0) is 15.2. The standard InChI is InChI=1S/C14H21Cl2N3O2/c1-9(12(20)17-10-2-3-10)18-4-6-19(7-5-18)13(21)11-8-14(11,15)16/h9-11H,2-8H2,1H3,(H,17,20). The number of hydrogen-bond donors (Lipinski definition) is 1. The summed E-state index contributed by atoms with van der Waals surface area (Å²) in [6.07, 6.45) is 2.75. The van der Waals surface area contributed by atoms with E-state index in [1.54, 1.807) is 0 Å². The minimum absolute atomic E-state index is 0.0507. The molecule has 0 radical (unpaired) electrons. The van der Waals surface area contributed by atoms with Crippen molar-refractivity contribution in [1.82, 2.24) is 15.1 Å². The number of piperazine rings is 1. The largest absolute Gasteiger partial charge is 0.352 e. The molecular weight excluding hydrogens is 313 g/mol. The Morgan fingerprint density at radius 1 is 1.19 bits per heavy atom. The van der Waals surface area contributed by atoms with Crippen molar-refractivity contribution >= 4 is 35.0 Å². The molecule has 1 N–H and O–H groups in total. The van der Waals surface area contributed by atoms with E-state index in [4.69, 9.17) is 23.2 Å². The van der Waals surface area contributed by atoms with Gasteiger partial charge in [0.05, 0.1) is 12.0 Å². The normalized spacial score (nSPS) is 29.9. The molecule has 0 bridgehead atoms. The van der Waals surface area contributed by atoms with Crippen LogP contribution in [-0.4, -0.2) is 64.2 Å². The van der Waals surface area contributed by atoms with Gasteiger partial charge in [0.1, 0.15) is 4.33 Å². The topological polar surface area (TPSA) is 52.7 Å². The predicted molar refractivity (Wildman–Crippen MR) is 81.3 cm³/mol. The van der Waals surface area contributed by atoms with E-state index in [1.165, 1.54) is 0 Å². The summed E-state index contributed by atoms with van der Waals surface area (Å²) >= 11 is 11.9. The van der Waals surface area contributed by atoms with Crippen LogP contribution in [0.15, 0.2) is 0 Å². The van der Waals surface area contributed by atoms with Crippen molar-refractivity contribution in [2.75, 3.05) is 26.2 Å². The molecule has 3 aliphatic rings. The first-order valence-electron chi connectivity index (χ1n) is 7.59. The second-order valence-electron chi connectivity index (χ2n) is 6.34. The van der Waals surface area contributed by atoms with Crippen molar-refractivity contribution in [2.24, 2.45) is 5.92 Å². The van der Waals surface area contributed by atoms with E-state index in [0.717, 1.165) is 25.9 Å². The third kappa shape index (κ3) is 3.46. The van der Waals surface area contributed by atoms with E-state index < -0.39 is 4.33 Å². The molecule has 2 saturated carbocycles. The Bertz CT molecular complexity index is 446. The highest BCUT2D eigenvalue weighted by atomic mass is 35.5. The molecule has 2 atom stereocenters. The number of nitrogens with one attached hydrogen (secondary N) is 1. The van der Waals surface area contributed by atoms with Gasteiger partial charge in [-0.3, -0.25) is 14.5 Å². The molecule has 1 saturated heterocycles. The zero-order valence-corrected chi connectivity index (χ0v) is 13.7. The molecule has 3 fully saturated rings. The first kappa shape index (κ1) is 15.4. The fourth-order valence-electron chi connectivity index (χ4n) is 2.75. The number of halogens is 2. The smallest absolute Gasteiger partial charge is 0.237 e. The summed E-state index contributed by atoms with van der Waals surface area (Å²) in [6.45, 7) is 4.64. The highest BCUT2D eigenvalue weighted by Crippen LogP contribution is 2.53. The molecule has 21 heavy (non-hydrogen) atoms. The van der Waals surface area contributed by atoms with E-state index in [1.807, 2.05) is 11.8 Å². The zero-order valence-electron chi connectivity index (χ0n) is 12.1. The third-order valence-electron chi connectivity index (χ3n) is 4.60. The van der Waals surface area contributed by atoms with Crippen LogP contribution >= 0.6 is 23.2 Å².